The first-order valence-corrected chi connectivity index (χ1v) is 15.4. The minimum absolute atomic E-state index is 0.00339. The zero-order valence-corrected chi connectivity index (χ0v) is 24.1. The number of carbonyl (C=O) groups excluding carboxylic acids is 3. The molecule has 12 heteroatoms. The largest absolute Gasteiger partial charge is 0.493 e. The second-order valence-electron chi connectivity index (χ2n) is 11.2. The SMILES string of the molecule is COc1ccc(C2c3sc(=O)[nH]c3SC3C4CC(C5C(=O)N(C(C)C(=O)N6CCOCC6)C(=O)C45)C23)cc1OC. The molecule has 3 aliphatic heterocycles. The average molecular weight is 586 g/mol. The molecule has 0 spiro atoms. The summed E-state index contributed by atoms with van der Waals surface area (Å²) in [5.74, 6) is -0.374. The van der Waals surface area contributed by atoms with E-state index in [0.29, 0.717) is 37.8 Å². The summed E-state index contributed by atoms with van der Waals surface area (Å²) < 4.78 is 16.4. The van der Waals surface area contributed by atoms with Crippen molar-refractivity contribution in [1.29, 1.82) is 0 Å². The van der Waals surface area contributed by atoms with Crippen LogP contribution in [0.4, 0.5) is 0 Å². The maximum absolute atomic E-state index is 14.0. The van der Waals surface area contributed by atoms with E-state index in [9.17, 15) is 19.2 Å². The number of morpholine rings is 1. The normalized spacial score (nSPS) is 33.0. The van der Waals surface area contributed by atoms with E-state index in [4.69, 9.17) is 14.2 Å². The molecule has 3 amide bonds. The van der Waals surface area contributed by atoms with Gasteiger partial charge in [-0.2, -0.15) is 0 Å². The van der Waals surface area contributed by atoms with Crippen molar-refractivity contribution >= 4 is 40.8 Å². The Hall–Kier alpha value is -2.83. The molecule has 2 bridgehead atoms. The number of likely N-dealkylation sites (tertiary alicyclic amines) is 1. The number of rotatable bonds is 5. The smallest absolute Gasteiger partial charge is 0.305 e. The van der Waals surface area contributed by atoms with E-state index in [1.807, 2.05) is 18.2 Å². The molecule has 2 saturated carbocycles. The maximum atomic E-state index is 14.0. The molecule has 1 aromatic heterocycles. The Labute approximate surface area is 239 Å². The molecule has 0 radical (unpaired) electrons. The summed E-state index contributed by atoms with van der Waals surface area (Å²) in [5, 5.41) is 0.925. The fourth-order valence-corrected chi connectivity index (χ4v) is 10.9. The summed E-state index contributed by atoms with van der Waals surface area (Å²) in [5.41, 5.74) is 0.998. The lowest BCUT2D eigenvalue weighted by Crippen LogP contribution is -2.52. The molecule has 4 heterocycles. The Kier molecular flexibility index (Phi) is 6.28. The van der Waals surface area contributed by atoms with E-state index in [2.05, 4.69) is 4.98 Å². The summed E-state index contributed by atoms with van der Waals surface area (Å²) in [6, 6.07) is 5.01. The summed E-state index contributed by atoms with van der Waals surface area (Å²) in [6.45, 7) is 3.52. The van der Waals surface area contributed by atoms with E-state index in [1.54, 1.807) is 37.8 Å². The fourth-order valence-electron chi connectivity index (χ4n) is 8.00. The first-order valence-electron chi connectivity index (χ1n) is 13.7. The zero-order valence-electron chi connectivity index (χ0n) is 22.5. The quantitative estimate of drug-likeness (QED) is 0.531. The predicted octanol–water partition coefficient (Wildman–Crippen LogP) is 2.17. The number of ether oxygens (including phenoxy) is 3. The topological polar surface area (TPSA) is 118 Å². The number of carbonyl (C=O) groups is 3. The van der Waals surface area contributed by atoms with Crippen LogP contribution in [0.3, 0.4) is 0 Å². The number of methoxy groups -OCH3 is 2. The standard InChI is InChI=1S/C28H31N3O7S2/c1-12(25(32)30-6-8-38-9-7-30)31-26(33)20-14-11-15(21(20)27(31)34)22-19(14)18(23-24(39-22)29-28(35)40-23)13-4-5-16(36-2)17(10-13)37-3/h4-5,10,12,14-15,18-22H,6-9,11H2,1-3H3,(H,29,35). The molecule has 8 atom stereocenters. The van der Waals surface area contributed by atoms with Gasteiger partial charge >= 0.3 is 4.87 Å². The maximum Gasteiger partial charge on any atom is 0.305 e. The van der Waals surface area contributed by atoms with E-state index >= 15 is 0 Å². The van der Waals surface area contributed by atoms with Gasteiger partial charge in [0.15, 0.2) is 11.5 Å². The number of nitrogens with zero attached hydrogens (tertiary/aromatic N) is 2. The number of aromatic nitrogens is 1. The second-order valence-corrected chi connectivity index (χ2v) is 13.4. The van der Waals surface area contributed by atoms with Crippen molar-refractivity contribution in [2.45, 2.75) is 35.6 Å². The number of fused-ring (bicyclic) bond motifs is 9. The third-order valence-corrected chi connectivity index (χ3v) is 12.2. The van der Waals surface area contributed by atoms with Crippen LogP contribution in [0.1, 0.15) is 29.7 Å². The number of nitrogens with one attached hydrogen (secondary N) is 1. The van der Waals surface area contributed by atoms with Gasteiger partial charge in [0.25, 0.3) is 0 Å². The molecule has 7 rings (SSSR count). The highest BCUT2D eigenvalue weighted by molar-refractivity contribution is 8.00. The van der Waals surface area contributed by atoms with Crippen molar-refractivity contribution in [3.05, 3.63) is 38.3 Å². The lowest BCUT2D eigenvalue weighted by Gasteiger charge is -2.43. The molecule has 10 nitrogen and oxygen atoms in total. The number of hydrogen-bond donors (Lipinski definition) is 1. The predicted molar refractivity (Wildman–Crippen MR) is 147 cm³/mol. The Bertz CT molecular complexity index is 1450. The van der Waals surface area contributed by atoms with Crippen LogP contribution in [-0.4, -0.2) is 84.3 Å². The fraction of sp³-hybridized carbons (Fsp3) is 0.571. The number of H-pyrrole nitrogens is 1. The van der Waals surface area contributed by atoms with E-state index in [1.165, 1.54) is 16.2 Å². The third kappa shape index (κ3) is 3.64. The average Bonchev–Trinajstić information content (AvgIpc) is 3.71. The number of benzene rings is 1. The second kappa shape index (κ2) is 9.63. The number of thioether (sulfide) groups is 1. The molecule has 1 N–H and O–H groups in total. The zero-order chi connectivity index (χ0) is 27.9. The molecule has 5 aliphatic rings. The van der Waals surface area contributed by atoms with Crippen LogP contribution in [0.5, 0.6) is 11.5 Å². The van der Waals surface area contributed by atoms with Gasteiger partial charge in [-0.25, -0.2) is 0 Å². The first-order chi connectivity index (χ1) is 19.3. The third-order valence-electron chi connectivity index (χ3n) is 9.59. The van der Waals surface area contributed by atoms with Crippen molar-refractivity contribution in [1.82, 2.24) is 14.8 Å². The minimum Gasteiger partial charge on any atom is -0.493 e. The molecule has 212 valence electrons. The lowest BCUT2D eigenvalue weighted by molar-refractivity contribution is -0.153. The van der Waals surface area contributed by atoms with Gasteiger partial charge < -0.3 is 24.1 Å². The van der Waals surface area contributed by atoms with E-state index in [-0.39, 0.29) is 51.5 Å². The van der Waals surface area contributed by atoms with E-state index in [0.717, 1.165) is 21.9 Å². The highest BCUT2D eigenvalue weighted by Gasteiger charge is 2.70. The Balaban J connectivity index is 1.25. The summed E-state index contributed by atoms with van der Waals surface area (Å²) >= 11 is 2.86. The molecule has 4 fully saturated rings. The highest BCUT2D eigenvalue weighted by atomic mass is 32.2. The van der Waals surface area contributed by atoms with Crippen LogP contribution in [0.25, 0.3) is 0 Å². The van der Waals surface area contributed by atoms with Gasteiger partial charge in [0, 0.05) is 29.1 Å². The summed E-state index contributed by atoms with van der Waals surface area (Å²) in [4.78, 5) is 60.5. The van der Waals surface area contributed by atoms with Crippen molar-refractivity contribution in [3.63, 3.8) is 0 Å². The van der Waals surface area contributed by atoms with Gasteiger partial charge in [0.05, 0.1) is 44.3 Å². The van der Waals surface area contributed by atoms with Gasteiger partial charge in [0.1, 0.15) is 6.04 Å². The molecule has 40 heavy (non-hydrogen) atoms. The van der Waals surface area contributed by atoms with Gasteiger partial charge in [-0.05, 0) is 48.8 Å². The Morgan fingerprint density at radius 1 is 1.05 bits per heavy atom. The van der Waals surface area contributed by atoms with Crippen LogP contribution in [0, 0.1) is 29.6 Å². The number of imide groups is 1. The van der Waals surface area contributed by atoms with Gasteiger partial charge in [-0.1, -0.05) is 17.4 Å². The van der Waals surface area contributed by atoms with Gasteiger partial charge in [-0.3, -0.25) is 24.1 Å². The first kappa shape index (κ1) is 26.1. The van der Waals surface area contributed by atoms with Crippen LogP contribution in [0.2, 0.25) is 0 Å². The molecular weight excluding hydrogens is 554 g/mol. The van der Waals surface area contributed by atoms with Crippen LogP contribution in [0.15, 0.2) is 28.0 Å². The molecule has 2 saturated heterocycles. The monoisotopic (exact) mass is 585 g/mol. The Morgan fingerprint density at radius 3 is 2.45 bits per heavy atom. The van der Waals surface area contributed by atoms with Crippen molar-refractivity contribution < 1.29 is 28.6 Å². The molecular formula is C28H31N3O7S2. The van der Waals surface area contributed by atoms with Gasteiger partial charge in [-0.15, -0.1) is 11.8 Å². The lowest BCUT2D eigenvalue weighted by atomic mass is 9.68. The molecule has 2 aromatic rings. The van der Waals surface area contributed by atoms with Crippen LogP contribution in [-0.2, 0) is 19.1 Å². The molecule has 8 unspecified atom stereocenters. The highest BCUT2D eigenvalue weighted by Crippen LogP contribution is 2.68. The van der Waals surface area contributed by atoms with Gasteiger partial charge in [0.2, 0.25) is 17.7 Å². The molecule has 2 aliphatic carbocycles. The number of amides is 3. The molecule has 1 aromatic carbocycles. The van der Waals surface area contributed by atoms with Crippen molar-refractivity contribution in [3.8, 4) is 11.5 Å². The number of aromatic amines is 1. The van der Waals surface area contributed by atoms with Crippen molar-refractivity contribution in [2.24, 2.45) is 29.6 Å². The summed E-state index contributed by atoms with van der Waals surface area (Å²) in [6.07, 6.45) is 0.789. The minimum atomic E-state index is -0.836. The van der Waals surface area contributed by atoms with Crippen LogP contribution < -0.4 is 14.3 Å². The van der Waals surface area contributed by atoms with E-state index < -0.39 is 17.9 Å². The Morgan fingerprint density at radius 2 is 1.75 bits per heavy atom. The number of hydrogen-bond acceptors (Lipinski definition) is 9. The summed E-state index contributed by atoms with van der Waals surface area (Å²) in [7, 11) is 3.19. The van der Waals surface area contributed by atoms with Crippen molar-refractivity contribution in [2.75, 3.05) is 40.5 Å². The number of thiazole rings is 1. The van der Waals surface area contributed by atoms with Crippen LogP contribution >= 0.6 is 23.1 Å².